The first-order valence-electron chi connectivity index (χ1n) is 6.89. The van der Waals surface area contributed by atoms with Gasteiger partial charge in [0.15, 0.2) is 0 Å². The topological polar surface area (TPSA) is 69.9 Å². The highest BCUT2D eigenvalue weighted by molar-refractivity contribution is 9.10. The smallest absolute Gasteiger partial charge is 0.388 e. The molecule has 1 aliphatic rings. The van der Waals surface area contributed by atoms with Crippen LogP contribution >= 0.6 is 15.9 Å². The van der Waals surface area contributed by atoms with Gasteiger partial charge in [-0.25, -0.2) is 14.8 Å². The first-order chi connectivity index (χ1) is 10.7. The number of carbonyl (C=O) groups is 1. The van der Waals surface area contributed by atoms with Gasteiger partial charge in [-0.2, -0.15) is 9.78 Å². The molecule has 1 saturated carbocycles. The normalized spacial score (nSPS) is 14.2. The lowest BCUT2D eigenvalue weighted by atomic mass is 10.3. The molecule has 6 nitrogen and oxygen atoms in total. The van der Waals surface area contributed by atoms with Crippen molar-refractivity contribution in [3.63, 3.8) is 0 Å². The Morgan fingerprint density at radius 2 is 2.14 bits per heavy atom. The van der Waals surface area contributed by atoms with Crippen molar-refractivity contribution in [2.24, 2.45) is 0 Å². The maximum Gasteiger partial charge on any atom is 0.441 e. The molecule has 3 aromatic rings. The van der Waals surface area contributed by atoms with E-state index in [1.807, 2.05) is 24.3 Å². The third kappa shape index (κ3) is 2.59. The molecular weight excluding hydrogens is 348 g/mol. The number of fused-ring (bicyclic) bond motifs is 1. The van der Waals surface area contributed by atoms with Crippen molar-refractivity contribution in [1.82, 2.24) is 19.7 Å². The number of ether oxygens (including phenoxy) is 1. The average molecular weight is 359 g/mol. The summed E-state index contributed by atoms with van der Waals surface area (Å²) < 4.78 is 7.32. The van der Waals surface area contributed by atoms with Crippen molar-refractivity contribution in [3.8, 4) is 5.88 Å². The van der Waals surface area contributed by atoms with E-state index in [0.29, 0.717) is 11.4 Å². The Labute approximate surface area is 134 Å². The Bertz CT molecular complexity index is 873. The summed E-state index contributed by atoms with van der Waals surface area (Å²) in [5.74, 6) is 0.644. The van der Waals surface area contributed by atoms with Crippen LogP contribution in [0.25, 0.3) is 11.0 Å². The van der Waals surface area contributed by atoms with E-state index in [0.717, 1.165) is 28.5 Å². The highest BCUT2D eigenvalue weighted by atomic mass is 79.9. The summed E-state index contributed by atoms with van der Waals surface area (Å²) in [5, 5.41) is 4.23. The van der Waals surface area contributed by atoms with Crippen LogP contribution < -0.4 is 4.74 Å². The van der Waals surface area contributed by atoms with Gasteiger partial charge in [0.25, 0.3) is 0 Å². The number of carbonyl (C=O) groups excluding carboxylic acids is 1. The fraction of sp³-hybridized carbons (Fsp3) is 0.200. The summed E-state index contributed by atoms with van der Waals surface area (Å²) in [4.78, 5) is 20.6. The summed E-state index contributed by atoms with van der Waals surface area (Å²) in [6, 6.07) is 7.39. The second-order valence-corrected chi connectivity index (χ2v) is 6.08. The van der Waals surface area contributed by atoms with Crippen LogP contribution in [0.15, 0.2) is 41.1 Å². The molecule has 1 fully saturated rings. The van der Waals surface area contributed by atoms with Gasteiger partial charge < -0.3 is 4.74 Å². The standard InChI is InChI=1S/C15H11BrN4O2/c16-10-3-4-12-13(7-10)18-14(8-17-12)22-15(21)20-6-5-11(19-20)9-1-2-9/h3-9H,1-2H2. The van der Waals surface area contributed by atoms with E-state index in [9.17, 15) is 4.79 Å². The van der Waals surface area contributed by atoms with E-state index >= 15 is 0 Å². The van der Waals surface area contributed by atoms with Gasteiger partial charge in [-0.15, -0.1) is 0 Å². The fourth-order valence-corrected chi connectivity index (χ4v) is 2.54. The van der Waals surface area contributed by atoms with Gasteiger partial charge in [0.2, 0.25) is 5.88 Å². The van der Waals surface area contributed by atoms with Gasteiger partial charge in [0.05, 0.1) is 22.9 Å². The molecule has 4 rings (SSSR count). The van der Waals surface area contributed by atoms with Gasteiger partial charge in [-0.1, -0.05) is 15.9 Å². The highest BCUT2D eigenvalue weighted by Crippen LogP contribution is 2.38. The monoisotopic (exact) mass is 358 g/mol. The van der Waals surface area contributed by atoms with Crippen LogP contribution in [0.5, 0.6) is 5.88 Å². The zero-order valence-corrected chi connectivity index (χ0v) is 13.0. The largest absolute Gasteiger partial charge is 0.441 e. The van der Waals surface area contributed by atoms with Crippen LogP contribution in [0.4, 0.5) is 4.79 Å². The van der Waals surface area contributed by atoms with Crippen molar-refractivity contribution >= 4 is 33.1 Å². The van der Waals surface area contributed by atoms with Gasteiger partial charge in [0.1, 0.15) is 0 Å². The second kappa shape index (κ2) is 5.17. The Kier molecular flexibility index (Phi) is 3.15. The molecule has 1 aromatic carbocycles. The predicted octanol–water partition coefficient (Wildman–Crippen LogP) is 3.51. The zero-order chi connectivity index (χ0) is 15.1. The quantitative estimate of drug-likeness (QED) is 0.700. The predicted molar refractivity (Wildman–Crippen MR) is 82.9 cm³/mol. The van der Waals surface area contributed by atoms with Gasteiger partial charge in [-0.05, 0) is 37.1 Å². The third-order valence-electron chi connectivity index (χ3n) is 3.47. The second-order valence-electron chi connectivity index (χ2n) is 5.17. The first kappa shape index (κ1) is 13.4. The summed E-state index contributed by atoms with van der Waals surface area (Å²) in [5.41, 5.74) is 2.32. The number of hydrogen-bond acceptors (Lipinski definition) is 5. The Hall–Kier alpha value is -2.28. The summed E-state index contributed by atoms with van der Waals surface area (Å²) in [7, 11) is 0. The molecule has 0 amide bonds. The van der Waals surface area contributed by atoms with Crippen LogP contribution in [0, 0.1) is 0 Å². The molecule has 22 heavy (non-hydrogen) atoms. The van der Waals surface area contributed by atoms with E-state index in [4.69, 9.17) is 4.74 Å². The number of hydrogen-bond donors (Lipinski definition) is 0. The molecule has 0 aliphatic heterocycles. The Balaban J connectivity index is 1.57. The molecule has 0 saturated heterocycles. The molecule has 7 heteroatoms. The van der Waals surface area contributed by atoms with Crippen LogP contribution in [-0.2, 0) is 0 Å². The minimum absolute atomic E-state index is 0.152. The number of halogens is 1. The van der Waals surface area contributed by atoms with Crippen molar-refractivity contribution in [3.05, 3.63) is 46.8 Å². The van der Waals surface area contributed by atoms with Crippen LogP contribution in [0.2, 0.25) is 0 Å². The van der Waals surface area contributed by atoms with Crippen molar-refractivity contribution in [2.75, 3.05) is 0 Å². The minimum Gasteiger partial charge on any atom is -0.388 e. The molecule has 0 unspecified atom stereocenters. The van der Waals surface area contributed by atoms with E-state index < -0.39 is 6.09 Å². The minimum atomic E-state index is -0.587. The lowest BCUT2D eigenvalue weighted by molar-refractivity contribution is 0.196. The lowest BCUT2D eigenvalue weighted by Crippen LogP contribution is -2.18. The highest BCUT2D eigenvalue weighted by Gasteiger charge is 2.26. The Morgan fingerprint density at radius 1 is 1.27 bits per heavy atom. The zero-order valence-electron chi connectivity index (χ0n) is 11.4. The summed E-state index contributed by atoms with van der Waals surface area (Å²) in [6.07, 6.45) is 4.73. The van der Waals surface area contributed by atoms with E-state index in [1.165, 1.54) is 10.9 Å². The number of rotatable bonds is 2. The molecular formula is C15H11BrN4O2. The number of nitrogens with zero attached hydrogens (tertiary/aromatic N) is 4. The first-order valence-corrected chi connectivity index (χ1v) is 7.68. The number of aromatic nitrogens is 4. The maximum atomic E-state index is 12.1. The fourth-order valence-electron chi connectivity index (χ4n) is 2.19. The molecule has 0 atom stereocenters. The lowest BCUT2D eigenvalue weighted by Gasteiger charge is -2.04. The summed E-state index contributed by atoms with van der Waals surface area (Å²) in [6.45, 7) is 0. The van der Waals surface area contributed by atoms with Crippen LogP contribution in [-0.4, -0.2) is 25.8 Å². The van der Waals surface area contributed by atoms with E-state index in [2.05, 4.69) is 31.0 Å². The molecule has 0 radical (unpaired) electrons. The molecule has 2 aromatic heterocycles. The van der Waals surface area contributed by atoms with Crippen molar-refractivity contribution in [1.29, 1.82) is 0 Å². The van der Waals surface area contributed by atoms with E-state index in [-0.39, 0.29) is 5.88 Å². The molecule has 1 aliphatic carbocycles. The molecule has 2 heterocycles. The van der Waals surface area contributed by atoms with Crippen LogP contribution in [0.1, 0.15) is 24.5 Å². The van der Waals surface area contributed by atoms with Crippen LogP contribution in [0.3, 0.4) is 0 Å². The van der Waals surface area contributed by atoms with Gasteiger partial charge >= 0.3 is 6.09 Å². The molecule has 0 bridgehead atoms. The average Bonchev–Trinajstić information content (AvgIpc) is 3.24. The van der Waals surface area contributed by atoms with Crippen molar-refractivity contribution in [2.45, 2.75) is 18.8 Å². The van der Waals surface area contributed by atoms with E-state index in [1.54, 1.807) is 6.20 Å². The third-order valence-corrected chi connectivity index (χ3v) is 3.96. The maximum absolute atomic E-state index is 12.1. The molecule has 110 valence electrons. The summed E-state index contributed by atoms with van der Waals surface area (Å²) >= 11 is 3.38. The number of benzene rings is 1. The Morgan fingerprint density at radius 3 is 2.95 bits per heavy atom. The molecule has 0 spiro atoms. The van der Waals surface area contributed by atoms with Gasteiger partial charge in [-0.3, -0.25) is 0 Å². The van der Waals surface area contributed by atoms with Crippen molar-refractivity contribution < 1.29 is 9.53 Å². The molecule has 0 N–H and O–H groups in total. The SMILES string of the molecule is O=C(Oc1cnc2ccc(Br)cc2n1)n1ccc(C2CC2)n1. The van der Waals surface area contributed by atoms with Gasteiger partial charge in [0, 0.05) is 16.6 Å².